The first-order valence-electron chi connectivity index (χ1n) is 3.15. The Labute approximate surface area is 80.2 Å². The number of nitrogens with zero attached hydrogens (tertiary/aromatic N) is 1. The average molecular weight is 346 g/mol. The van der Waals surface area contributed by atoms with Gasteiger partial charge in [0, 0.05) is 37.0 Å². The van der Waals surface area contributed by atoms with E-state index in [0.717, 1.165) is 25.7 Å². The molecule has 1 nitrogen and oxygen atoms in total. The first-order valence-corrected chi connectivity index (χ1v) is 3.15. The van der Waals surface area contributed by atoms with Crippen LogP contribution in [0.3, 0.4) is 0 Å². The number of hydrogen-bond donors (Lipinski definition) is 0. The summed E-state index contributed by atoms with van der Waals surface area (Å²) < 4.78 is 0. The van der Waals surface area contributed by atoms with E-state index in [4.69, 9.17) is 5.26 Å². The SMILES string of the molecule is N#CC1CC[CH-]CC1.[U]. The van der Waals surface area contributed by atoms with Crippen molar-refractivity contribution in [1.82, 2.24) is 0 Å². The normalized spacial score (nSPS) is 19.9. The minimum atomic E-state index is 0. The third-order valence-corrected chi connectivity index (χ3v) is 1.62. The summed E-state index contributed by atoms with van der Waals surface area (Å²) in [4.78, 5) is 0. The van der Waals surface area contributed by atoms with Gasteiger partial charge in [0.15, 0.2) is 0 Å². The van der Waals surface area contributed by atoms with Gasteiger partial charge in [-0.25, -0.2) is 0 Å². The van der Waals surface area contributed by atoms with E-state index in [-0.39, 0.29) is 31.1 Å². The molecule has 0 amide bonds. The van der Waals surface area contributed by atoms with Gasteiger partial charge in [-0.3, -0.25) is 0 Å². The van der Waals surface area contributed by atoms with E-state index in [1.807, 2.05) is 0 Å². The molecule has 0 heterocycles. The molecule has 2 heteroatoms. The van der Waals surface area contributed by atoms with Gasteiger partial charge in [-0.2, -0.15) is 18.1 Å². The van der Waals surface area contributed by atoms with E-state index in [9.17, 15) is 0 Å². The molecule has 1 aliphatic carbocycles. The van der Waals surface area contributed by atoms with Crippen molar-refractivity contribution < 1.29 is 31.1 Å². The molecule has 0 aliphatic heterocycles. The van der Waals surface area contributed by atoms with Gasteiger partial charge in [-0.05, 0) is 0 Å². The van der Waals surface area contributed by atoms with Crippen molar-refractivity contribution in [3.8, 4) is 6.07 Å². The van der Waals surface area contributed by atoms with Crippen molar-refractivity contribution in [2.24, 2.45) is 5.92 Å². The van der Waals surface area contributed by atoms with Gasteiger partial charge < -0.3 is 6.42 Å². The van der Waals surface area contributed by atoms with E-state index < -0.39 is 0 Å². The molecule has 0 aromatic carbocycles. The second kappa shape index (κ2) is 5.34. The summed E-state index contributed by atoms with van der Waals surface area (Å²) in [6, 6.07) is 2.28. The monoisotopic (exact) mass is 346 g/mol. The molecule has 0 unspecified atom stereocenters. The van der Waals surface area contributed by atoms with Gasteiger partial charge in [0.2, 0.25) is 0 Å². The summed E-state index contributed by atoms with van der Waals surface area (Å²) in [6.45, 7) is 0. The summed E-state index contributed by atoms with van der Waals surface area (Å²) in [6.07, 6.45) is 6.76. The molecule has 0 radical (unpaired) electrons. The maximum absolute atomic E-state index is 8.43. The summed E-state index contributed by atoms with van der Waals surface area (Å²) >= 11 is 0. The molecule has 1 rings (SSSR count). The Balaban J connectivity index is 0.000000640. The average Bonchev–Trinajstić information content (AvgIpc) is 1.90. The molecule has 0 aromatic heterocycles. The predicted molar refractivity (Wildman–Crippen MR) is 31.9 cm³/mol. The molecule has 1 aliphatic rings. The zero-order valence-corrected chi connectivity index (χ0v) is 9.59. The first-order chi connectivity index (χ1) is 3.93. The van der Waals surface area contributed by atoms with E-state index in [2.05, 4.69) is 12.5 Å². The summed E-state index contributed by atoms with van der Waals surface area (Å²) in [5.41, 5.74) is 0. The van der Waals surface area contributed by atoms with Crippen LogP contribution in [0.25, 0.3) is 0 Å². The molecular weight excluding hydrogens is 336 g/mol. The van der Waals surface area contributed by atoms with Gasteiger partial charge in [0.1, 0.15) is 0 Å². The Morgan fingerprint density at radius 3 is 2.22 bits per heavy atom. The van der Waals surface area contributed by atoms with Crippen molar-refractivity contribution in [3.63, 3.8) is 0 Å². The van der Waals surface area contributed by atoms with E-state index >= 15 is 0 Å². The topological polar surface area (TPSA) is 23.8 Å². The quantitative estimate of drug-likeness (QED) is 0.615. The third-order valence-electron chi connectivity index (χ3n) is 1.62. The van der Waals surface area contributed by atoms with Crippen LogP contribution in [-0.4, -0.2) is 0 Å². The predicted octanol–water partition coefficient (Wildman–Crippen LogP) is 1.90. The Morgan fingerprint density at radius 2 is 1.89 bits per heavy atom. The van der Waals surface area contributed by atoms with Crippen LogP contribution >= 0.6 is 0 Å². The first kappa shape index (κ1) is 9.54. The van der Waals surface area contributed by atoms with Crippen molar-refractivity contribution in [1.29, 1.82) is 5.26 Å². The Hall–Kier alpha value is 0.542. The van der Waals surface area contributed by atoms with Gasteiger partial charge >= 0.3 is 0 Å². The van der Waals surface area contributed by atoms with Crippen LogP contribution in [0.4, 0.5) is 0 Å². The fourth-order valence-electron chi connectivity index (χ4n) is 1.06. The zero-order chi connectivity index (χ0) is 5.82. The van der Waals surface area contributed by atoms with Crippen LogP contribution in [0.5, 0.6) is 0 Å². The minimum absolute atomic E-state index is 0. The van der Waals surface area contributed by atoms with Crippen LogP contribution in [0.15, 0.2) is 0 Å². The molecule has 9 heavy (non-hydrogen) atoms. The fraction of sp³-hybridized carbons (Fsp3) is 0.714. The molecule has 1 saturated carbocycles. The number of hydrogen-bond acceptors (Lipinski definition) is 1. The van der Waals surface area contributed by atoms with Crippen molar-refractivity contribution in [2.75, 3.05) is 0 Å². The van der Waals surface area contributed by atoms with Gasteiger partial charge in [0.25, 0.3) is 0 Å². The molecule has 0 spiro atoms. The molecule has 0 aromatic rings. The molecule has 0 atom stereocenters. The van der Waals surface area contributed by atoms with Crippen LogP contribution < -0.4 is 0 Å². The third kappa shape index (κ3) is 3.29. The molecule has 1 fully saturated rings. The Kier molecular flexibility index (Phi) is 5.66. The van der Waals surface area contributed by atoms with Crippen LogP contribution in [0.2, 0.25) is 0 Å². The van der Waals surface area contributed by atoms with Gasteiger partial charge in [-0.15, -0.1) is 0 Å². The number of nitriles is 1. The summed E-state index contributed by atoms with van der Waals surface area (Å²) in [5, 5.41) is 8.43. The zero-order valence-electron chi connectivity index (χ0n) is 5.43. The Morgan fingerprint density at radius 1 is 1.33 bits per heavy atom. The molecule has 0 N–H and O–H groups in total. The van der Waals surface area contributed by atoms with Crippen LogP contribution in [-0.2, 0) is 0 Å². The van der Waals surface area contributed by atoms with Crippen LogP contribution in [0, 0.1) is 54.8 Å². The van der Waals surface area contributed by atoms with Crippen molar-refractivity contribution >= 4 is 0 Å². The van der Waals surface area contributed by atoms with Gasteiger partial charge in [-0.1, -0.05) is 12.8 Å². The van der Waals surface area contributed by atoms with Crippen molar-refractivity contribution in [2.45, 2.75) is 25.7 Å². The second-order valence-corrected chi connectivity index (χ2v) is 2.27. The van der Waals surface area contributed by atoms with E-state index in [1.54, 1.807) is 0 Å². The fourth-order valence-corrected chi connectivity index (χ4v) is 1.06. The van der Waals surface area contributed by atoms with E-state index in [1.165, 1.54) is 0 Å². The molecular formula is C7H10NU-. The van der Waals surface area contributed by atoms with Crippen LogP contribution in [0.1, 0.15) is 25.7 Å². The molecule has 48 valence electrons. The number of rotatable bonds is 0. The second-order valence-electron chi connectivity index (χ2n) is 2.27. The maximum Gasteiger partial charge on any atom is 0.0653 e. The summed E-state index contributed by atoms with van der Waals surface area (Å²) in [7, 11) is 0. The Bertz CT molecular complexity index is 100.0. The smallest absolute Gasteiger partial charge is 0.0653 e. The molecule has 0 bridgehead atoms. The summed E-state index contributed by atoms with van der Waals surface area (Å²) in [5.74, 6) is 0.361. The van der Waals surface area contributed by atoms with Crippen molar-refractivity contribution in [3.05, 3.63) is 6.42 Å². The van der Waals surface area contributed by atoms with Gasteiger partial charge in [0.05, 0.1) is 6.07 Å². The molecule has 0 saturated heterocycles. The maximum atomic E-state index is 8.43. The minimum Gasteiger partial charge on any atom is -0.328 e. The van der Waals surface area contributed by atoms with E-state index in [0.29, 0.717) is 5.92 Å². The largest absolute Gasteiger partial charge is 0.328 e. The standard InChI is InChI=1S/C7H10N.U/c8-6-7-4-2-1-3-5-7;/h1,7H,2-5H2;/q-1;.